The third-order valence-electron chi connectivity index (χ3n) is 3.86. The number of carbonyl (C=O) groups excluding carboxylic acids is 2. The largest absolute Gasteiger partial charge is 0.490 e. The Hall–Kier alpha value is -2.94. The SMILES string of the molecule is CCCOc1ccc(C(=O)OCC(=O)Nc2c(Cl)cccc2C(F)(F)F)cc1OCC. The van der Waals surface area contributed by atoms with Crippen LogP contribution in [0, 0.1) is 0 Å². The van der Waals surface area contributed by atoms with Gasteiger partial charge >= 0.3 is 12.1 Å². The van der Waals surface area contributed by atoms with Crippen LogP contribution in [0.5, 0.6) is 11.5 Å². The summed E-state index contributed by atoms with van der Waals surface area (Å²) in [5, 5.41) is 1.75. The van der Waals surface area contributed by atoms with E-state index in [1.165, 1.54) is 24.3 Å². The van der Waals surface area contributed by atoms with E-state index in [9.17, 15) is 22.8 Å². The van der Waals surface area contributed by atoms with Crippen LogP contribution in [0.25, 0.3) is 0 Å². The predicted molar refractivity (Wildman–Crippen MR) is 109 cm³/mol. The zero-order valence-electron chi connectivity index (χ0n) is 16.8. The predicted octanol–water partition coefficient (Wildman–Crippen LogP) is 5.34. The van der Waals surface area contributed by atoms with Crippen LogP contribution in [-0.4, -0.2) is 31.7 Å². The van der Waals surface area contributed by atoms with Crippen LogP contribution < -0.4 is 14.8 Å². The highest BCUT2D eigenvalue weighted by molar-refractivity contribution is 6.34. The van der Waals surface area contributed by atoms with Gasteiger partial charge in [0.05, 0.1) is 35.1 Å². The molecule has 0 saturated heterocycles. The van der Waals surface area contributed by atoms with Gasteiger partial charge in [0.15, 0.2) is 18.1 Å². The summed E-state index contributed by atoms with van der Waals surface area (Å²) in [6.45, 7) is 3.70. The number of halogens is 4. The minimum atomic E-state index is -4.72. The van der Waals surface area contributed by atoms with Crippen molar-refractivity contribution >= 4 is 29.2 Å². The summed E-state index contributed by atoms with van der Waals surface area (Å²) in [6.07, 6.45) is -3.94. The van der Waals surface area contributed by atoms with Crippen molar-refractivity contribution in [1.29, 1.82) is 0 Å². The molecular weight excluding hydrogens is 439 g/mol. The Kier molecular flexibility index (Phi) is 8.56. The lowest BCUT2D eigenvalue weighted by molar-refractivity contribution is -0.137. The Balaban J connectivity index is 2.06. The molecule has 168 valence electrons. The summed E-state index contributed by atoms with van der Waals surface area (Å²) in [5.41, 5.74) is -1.62. The molecule has 0 radical (unpaired) electrons. The van der Waals surface area contributed by atoms with Gasteiger partial charge < -0.3 is 19.5 Å². The van der Waals surface area contributed by atoms with E-state index in [0.717, 1.165) is 18.6 Å². The van der Waals surface area contributed by atoms with Gasteiger partial charge in [0.25, 0.3) is 5.91 Å². The molecule has 2 rings (SSSR count). The van der Waals surface area contributed by atoms with Crippen LogP contribution in [0.4, 0.5) is 18.9 Å². The van der Waals surface area contributed by atoms with Crippen molar-refractivity contribution in [1.82, 2.24) is 0 Å². The lowest BCUT2D eigenvalue weighted by Crippen LogP contribution is -2.23. The number of ether oxygens (including phenoxy) is 3. The van der Waals surface area contributed by atoms with Crippen LogP contribution in [0.15, 0.2) is 36.4 Å². The van der Waals surface area contributed by atoms with Crippen LogP contribution in [0.3, 0.4) is 0 Å². The number of alkyl halides is 3. The van der Waals surface area contributed by atoms with Crippen molar-refractivity contribution in [2.75, 3.05) is 25.1 Å². The Morgan fingerprint density at radius 3 is 2.45 bits per heavy atom. The van der Waals surface area contributed by atoms with E-state index >= 15 is 0 Å². The van der Waals surface area contributed by atoms with Gasteiger partial charge in [-0.1, -0.05) is 24.6 Å². The van der Waals surface area contributed by atoms with E-state index < -0.39 is 35.9 Å². The quantitative estimate of drug-likeness (QED) is 0.512. The number of anilines is 1. The van der Waals surface area contributed by atoms with Crippen LogP contribution in [0.2, 0.25) is 5.02 Å². The van der Waals surface area contributed by atoms with Crippen molar-refractivity contribution in [3.63, 3.8) is 0 Å². The van der Waals surface area contributed by atoms with Crippen molar-refractivity contribution < 1.29 is 37.0 Å². The zero-order chi connectivity index (χ0) is 23.0. The third kappa shape index (κ3) is 6.78. The van der Waals surface area contributed by atoms with E-state index in [1.807, 2.05) is 12.2 Å². The molecule has 1 N–H and O–H groups in total. The number of nitrogens with one attached hydrogen (secondary N) is 1. The number of hydrogen-bond donors (Lipinski definition) is 1. The topological polar surface area (TPSA) is 73.9 Å². The molecule has 0 aliphatic heterocycles. The van der Waals surface area contributed by atoms with Crippen LogP contribution >= 0.6 is 11.6 Å². The fourth-order valence-electron chi connectivity index (χ4n) is 2.51. The van der Waals surface area contributed by atoms with E-state index in [4.69, 9.17) is 25.8 Å². The van der Waals surface area contributed by atoms with Gasteiger partial charge in [0.2, 0.25) is 0 Å². The summed E-state index contributed by atoms with van der Waals surface area (Å²) in [6, 6.07) is 7.48. The Bertz CT molecular complexity index is 934. The average molecular weight is 460 g/mol. The molecule has 2 aromatic carbocycles. The first kappa shape index (κ1) is 24.3. The van der Waals surface area contributed by atoms with Crippen molar-refractivity contribution in [3.8, 4) is 11.5 Å². The average Bonchev–Trinajstić information content (AvgIpc) is 2.72. The number of carbonyl (C=O) groups is 2. The standard InChI is InChI=1S/C21H21ClF3NO5/c1-3-10-30-16-9-8-13(11-17(16)29-4-2)20(28)31-12-18(27)26-19-14(21(23,24)25)6-5-7-15(19)22/h5-9,11H,3-4,10,12H2,1-2H3,(H,26,27). The van der Waals surface area contributed by atoms with Crippen molar-refractivity contribution in [2.24, 2.45) is 0 Å². The van der Waals surface area contributed by atoms with E-state index in [0.29, 0.717) is 24.7 Å². The number of amides is 1. The van der Waals surface area contributed by atoms with Crippen LogP contribution in [-0.2, 0) is 15.7 Å². The summed E-state index contributed by atoms with van der Waals surface area (Å²) >= 11 is 5.79. The van der Waals surface area contributed by atoms with E-state index in [2.05, 4.69) is 0 Å². The summed E-state index contributed by atoms with van der Waals surface area (Å²) in [5.74, 6) is -1.04. The molecular formula is C21H21ClF3NO5. The molecule has 0 atom stereocenters. The van der Waals surface area contributed by atoms with E-state index in [-0.39, 0.29) is 10.6 Å². The van der Waals surface area contributed by atoms with Crippen molar-refractivity contribution in [2.45, 2.75) is 26.4 Å². The lowest BCUT2D eigenvalue weighted by atomic mass is 10.1. The van der Waals surface area contributed by atoms with Gasteiger partial charge in [-0.05, 0) is 43.7 Å². The highest BCUT2D eigenvalue weighted by atomic mass is 35.5. The summed E-state index contributed by atoms with van der Waals surface area (Å²) in [7, 11) is 0. The maximum Gasteiger partial charge on any atom is 0.418 e. The van der Waals surface area contributed by atoms with Gasteiger partial charge in [-0.3, -0.25) is 4.79 Å². The fourth-order valence-corrected chi connectivity index (χ4v) is 2.73. The molecule has 0 aliphatic carbocycles. The minimum Gasteiger partial charge on any atom is -0.490 e. The highest BCUT2D eigenvalue weighted by Gasteiger charge is 2.34. The third-order valence-corrected chi connectivity index (χ3v) is 4.17. The summed E-state index contributed by atoms with van der Waals surface area (Å²) < 4.78 is 55.2. The molecule has 0 fully saturated rings. The second-order valence-corrected chi connectivity index (χ2v) is 6.63. The molecule has 0 aliphatic rings. The van der Waals surface area contributed by atoms with Gasteiger partial charge in [-0.2, -0.15) is 13.2 Å². The molecule has 31 heavy (non-hydrogen) atoms. The molecule has 6 nitrogen and oxygen atoms in total. The van der Waals surface area contributed by atoms with E-state index in [1.54, 1.807) is 6.92 Å². The summed E-state index contributed by atoms with van der Waals surface area (Å²) in [4.78, 5) is 24.3. The minimum absolute atomic E-state index is 0.0915. The highest BCUT2D eigenvalue weighted by Crippen LogP contribution is 2.38. The Labute approximate surface area is 182 Å². The van der Waals surface area contributed by atoms with Gasteiger partial charge in [-0.25, -0.2) is 4.79 Å². The first-order valence-electron chi connectivity index (χ1n) is 9.39. The monoisotopic (exact) mass is 459 g/mol. The lowest BCUT2D eigenvalue weighted by Gasteiger charge is -2.15. The molecule has 0 spiro atoms. The van der Waals surface area contributed by atoms with Gasteiger partial charge in [0, 0.05) is 0 Å². The molecule has 2 aromatic rings. The van der Waals surface area contributed by atoms with Crippen LogP contribution in [0.1, 0.15) is 36.2 Å². The van der Waals surface area contributed by atoms with Gasteiger partial charge in [-0.15, -0.1) is 0 Å². The molecule has 0 unspecified atom stereocenters. The zero-order valence-corrected chi connectivity index (χ0v) is 17.6. The second-order valence-electron chi connectivity index (χ2n) is 6.23. The molecule has 1 amide bonds. The molecule has 0 saturated carbocycles. The van der Waals surface area contributed by atoms with Gasteiger partial charge in [0.1, 0.15) is 0 Å². The number of esters is 1. The maximum absolute atomic E-state index is 13.1. The Morgan fingerprint density at radius 1 is 1.06 bits per heavy atom. The molecule has 0 bridgehead atoms. The number of hydrogen-bond acceptors (Lipinski definition) is 5. The Morgan fingerprint density at radius 2 is 1.81 bits per heavy atom. The number of para-hydroxylation sites is 1. The first-order chi connectivity index (χ1) is 14.7. The molecule has 10 heteroatoms. The number of rotatable bonds is 9. The normalized spacial score (nSPS) is 11.0. The maximum atomic E-state index is 13.1. The molecule has 0 aromatic heterocycles. The molecule has 0 heterocycles. The first-order valence-corrected chi connectivity index (χ1v) is 9.77. The fraction of sp³-hybridized carbons (Fsp3) is 0.333. The smallest absolute Gasteiger partial charge is 0.418 e. The second kappa shape index (κ2) is 10.9. The van der Waals surface area contributed by atoms with Crippen molar-refractivity contribution in [3.05, 3.63) is 52.5 Å². The number of benzene rings is 2.